The van der Waals surface area contributed by atoms with Crippen LogP contribution < -0.4 is 9.47 Å². The number of benzene rings is 6. The van der Waals surface area contributed by atoms with Crippen LogP contribution in [0.4, 0.5) is 0 Å². The van der Waals surface area contributed by atoms with Gasteiger partial charge in [-0.15, -0.1) is 0 Å². The monoisotopic (exact) mass is 615 g/mol. The molecule has 228 valence electrons. The van der Waals surface area contributed by atoms with E-state index in [0.717, 1.165) is 38.6 Å². The third-order valence-corrected chi connectivity index (χ3v) is 8.86. The van der Waals surface area contributed by atoms with E-state index in [1.165, 1.54) is 14.0 Å². The van der Waals surface area contributed by atoms with E-state index in [1.54, 1.807) is 0 Å². The lowest BCUT2D eigenvalue weighted by atomic mass is 9.82. The minimum Gasteiger partial charge on any atom is -0.472 e. The molecule has 1 aliphatic rings. The molecule has 1 aromatic heterocycles. The highest BCUT2D eigenvalue weighted by Crippen LogP contribution is 2.50. The third-order valence-electron chi connectivity index (χ3n) is 8.86. The summed E-state index contributed by atoms with van der Waals surface area (Å²) < 4.78 is 20.4. The molecule has 0 spiro atoms. The molecule has 0 saturated carbocycles. The van der Waals surface area contributed by atoms with Crippen molar-refractivity contribution < 1.29 is 23.8 Å². The summed E-state index contributed by atoms with van der Waals surface area (Å²) in [5.41, 5.74) is 4.57. The van der Waals surface area contributed by atoms with Gasteiger partial charge in [0.25, 0.3) is 0 Å². The maximum Gasteiger partial charge on any atom is 0.342 e. The number of rotatable bonds is 5. The van der Waals surface area contributed by atoms with E-state index in [1.807, 2.05) is 84.9 Å². The molecule has 0 fully saturated rings. The zero-order valence-electron chi connectivity index (χ0n) is 25.8. The normalized spacial score (nSPS) is 15.4. The van der Waals surface area contributed by atoms with Gasteiger partial charge in [0, 0.05) is 50.8 Å². The fraction of sp³-hybridized carbons (Fsp3) is 0.0732. The minimum atomic E-state index is -1.07. The molecule has 0 N–H and O–H groups in total. The van der Waals surface area contributed by atoms with E-state index in [4.69, 9.17) is 14.2 Å². The van der Waals surface area contributed by atoms with Crippen molar-refractivity contribution in [3.63, 3.8) is 0 Å². The van der Waals surface area contributed by atoms with Crippen LogP contribution in [-0.2, 0) is 15.1 Å². The number of nitrogens with zero attached hydrogens (tertiary/aromatic N) is 1. The van der Waals surface area contributed by atoms with Gasteiger partial charge in [-0.2, -0.15) is 0 Å². The maximum absolute atomic E-state index is 13.3. The molecule has 6 heteroatoms. The predicted molar refractivity (Wildman–Crippen MR) is 184 cm³/mol. The molecule has 6 aromatic carbocycles. The van der Waals surface area contributed by atoms with Gasteiger partial charge in [0.15, 0.2) is 11.4 Å². The Balaban J connectivity index is 1.43. The van der Waals surface area contributed by atoms with Crippen molar-refractivity contribution >= 4 is 50.6 Å². The maximum atomic E-state index is 13.3. The van der Waals surface area contributed by atoms with Crippen molar-refractivity contribution in [1.29, 1.82) is 0 Å². The Kier molecular flexibility index (Phi) is 6.65. The van der Waals surface area contributed by atoms with Gasteiger partial charge in [-0.25, -0.2) is 4.79 Å². The number of carbonyl (C=O) groups excluding carboxylic acids is 2. The van der Waals surface area contributed by atoms with Gasteiger partial charge in [-0.3, -0.25) is 4.79 Å². The Morgan fingerprint density at radius 3 is 2.04 bits per heavy atom. The molecular weight excluding hydrogens is 586 g/mol. The summed E-state index contributed by atoms with van der Waals surface area (Å²) in [4.78, 5) is 25.6. The molecule has 7 aromatic rings. The molecule has 47 heavy (non-hydrogen) atoms. The van der Waals surface area contributed by atoms with E-state index < -0.39 is 17.5 Å². The number of hydrogen-bond acceptors (Lipinski definition) is 5. The molecular formula is C41H29NO5. The van der Waals surface area contributed by atoms with Gasteiger partial charge >= 0.3 is 11.9 Å². The van der Waals surface area contributed by atoms with Gasteiger partial charge in [0.2, 0.25) is 0 Å². The topological polar surface area (TPSA) is 66.8 Å². The average Bonchev–Trinajstić information content (AvgIpc) is 3.45. The highest BCUT2D eigenvalue weighted by atomic mass is 16.5. The Bertz CT molecular complexity index is 2390. The number of carbonyl (C=O) groups is 2. The summed E-state index contributed by atoms with van der Waals surface area (Å²) in [6.45, 7) is 1.31. The Morgan fingerprint density at radius 1 is 0.681 bits per heavy atom. The second-order valence-electron chi connectivity index (χ2n) is 11.5. The Morgan fingerprint density at radius 2 is 1.32 bits per heavy atom. The molecule has 0 saturated heterocycles. The number of hydrogen-bond donors (Lipinski definition) is 0. The lowest BCUT2D eigenvalue weighted by molar-refractivity contribution is -0.131. The van der Waals surface area contributed by atoms with Crippen LogP contribution in [0.2, 0.25) is 0 Å². The van der Waals surface area contributed by atoms with Crippen LogP contribution >= 0.6 is 0 Å². The summed E-state index contributed by atoms with van der Waals surface area (Å²) in [6.07, 6.45) is 3.86. The van der Waals surface area contributed by atoms with Gasteiger partial charge in [-0.1, -0.05) is 103 Å². The molecule has 1 aliphatic heterocycles. The molecule has 1 atom stereocenters. The molecule has 0 radical (unpaired) electrons. The number of fused-ring (bicyclic) bond motifs is 6. The summed E-state index contributed by atoms with van der Waals surface area (Å²) in [6, 6.07) is 42.7. The van der Waals surface area contributed by atoms with Crippen molar-refractivity contribution in [3.05, 3.63) is 156 Å². The fourth-order valence-corrected chi connectivity index (χ4v) is 6.83. The van der Waals surface area contributed by atoms with Gasteiger partial charge in [0.1, 0.15) is 11.3 Å². The first-order valence-corrected chi connectivity index (χ1v) is 15.4. The standard InChI is InChI=1S/C41H29NO5/c1-26(43)46-39-33-19-10-9-18-32(33)38-34(37(39)40(44)45-2)23-24-41(47-38,27-13-5-3-6-14-27)28-21-22-31-30-17-11-12-20-35(30)42(36(31)25-28)29-15-7-4-8-16-29/h3-25H,1-2H3. The van der Waals surface area contributed by atoms with E-state index in [9.17, 15) is 9.59 Å². The number of ether oxygens (including phenoxy) is 3. The zero-order chi connectivity index (χ0) is 32.1. The lowest BCUT2D eigenvalue weighted by Crippen LogP contribution is -2.35. The average molecular weight is 616 g/mol. The summed E-state index contributed by atoms with van der Waals surface area (Å²) in [7, 11) is 1.31. The number of aromatic nitrogens is 1. The molecule has 0 amide bonds. The summed E-state index contributed by atoms with van der Waals surface area (Å²) in [5, 5.41) is 3.55. The highest BCUT2D eigenvalue weighted by molar-refractivity contribution is 6.11. The molecule has 2 heterocycles. The summed E-state index contributed by atoms with van der Waals surface area (Å²) in [5.74, 6) is -0.529. The second-order valence-corrected chi connectivity index (χ2v) is 11.5. The summed E-state index contributed by atoms with van der Waals surface area (Å²) >= 11 is 0. The number of para-hydroxylation sites is 2. The smallest absolute Gasteiger partial charge is 0.342 e. The minimum absolute atomic E-state index is 0.133. The Labute approximate surface area is 271 Å². The van der Waals surface area contributed by atoms with E-state index in [-0.39, 0.29) is 11.3 Å². The lowest BCUT2D eigenvalue weighted by Gasteiger charge is -2.37. The SMILES string of the molecule is COC(=O)c1c2c(c3ccccc3c1OC(C)=O)OC(c1ccccc1)(c1ccc3c4ccccc4n(-c4ccccc4)c3c1)C=C2. The zero-order valence-corrected chi connectivity index (χ0v) is 25.8. The fourth-order valence-electron chi connectivity index (χ4n) is 6.83. The first kappa shape index (κ1) is 28.3. The first-order valence-electron chi connectivity index (χ1n) is 15.4. The van der Waals surface area contributed by atoms with E-state index in [2.05, 4.69) is 59.2 Å². The Hall–Kier alpha value is -6.14. The second kappa shape index (κ2) is 11.0. The first-order chi connectivity index (χ1) is 23.0. The van der Waals surface area contributed by atoms with Crippen molar-refractivity contribution in [1.82, 2.24) is 4.57 Å². The van der Waals surface area contributed by atoms with Crippen molar-refractivity contribution in [2.24, 2.45) is 0 Å². The number of methoxy groups -OCH3 is 1. The highest BCUT2D eigenvalue weighted by Gasteiger charge is 2.40. The predicted octanol–water partition coefficient (Wildman–Crippen LogP) is 9.00. The van der Waals surface area contributed by atoms with Gasteiger partial charge < -0.3 is 18.8 Å². The van der Waals surface area contributed by atoms with Crippen LogP contribution in [0.5, 0.6) is 11.5 Å². The molecule has 0 bridgehead atoms. The third kappa shape index (κ3) is 4.41. The van der Waals surface area contributed by atoms with Crippen molar-refractivity contribution in [2.75, 3.05) is 7.11 Å². The number of esters is 2. The van der Waals surface area contributed by atoms with Gasteiger partial charge in [0.05, 0.1) is 18.1 Å². The van der Waals surface area contributed by atoms with Crippen LogP contribution in [0, 0.1) is 0 Å². The van der Waals surface area contributed by atoms with Gasteiger partial charge in [-0.05, 0) is 36.4 Å². The van der Waals surface area contributed by atoms with Crippen LogP contribution in [0.25, 0.3) is 44.3 Å². The largest absolute Gasteiger partial charge is 0.472 e. The van der Waals surface area contributed by atoms with Crippen LogP contribution in [-0.4, -0.2) is 23.6 Å². The quantitative estimate of drug-likeness (QED) is 0.143. The van der Waals surface area contributed by atoms with Crippen LogP contribution in [0.15, 0.2) is 133 Å². The van der Waals surface area contributed by atoms with E-state index in [0.29, 0.717) is 22.1 Å². The molecule has 6 nitrogen and oxygen atoms in total. The van der Waals surface area contributed by atoms with Crippen molar-refractivity contribution in [2.45, 2.75) is 12.5 Å². The molecule has 0 aliphatic carbocycles. The molecule has 1 unspecified atom stereocenters. The van der Waals surface area contributed by atoms with Crippen molar-refractivity contribution in [3.8, 4) is 17.2 Å². The van der Waals surface area contributed by atoms with Crippen LogP contribution in [0.3, 0.4) is 0 Å². The van der Waals surface area contributed by atoms with E-state index >= 15 is 0 Å². The van der Waals surface area contributed by atoms with Crippen LogP contribution in [0.1, 0.15) is 34.0 Å². The molecule has 8 rings (SSSR count).